The summed E-state index contributed by atoms with van der Waals surface area (Å²) in [4.78, 5) is 29.6. The number of epoxide rings is 4. The van der Waals surface area contributed by atoms with Crippen molar-refractivity contribution in [3.63, 3.8) is 0 Å². The lowest BCUT2D eigenvalue weighted by molar-refractivity contribution is -0.130. The molecule has 4 atom stereocenters. The normalized spacial score (nSPS) is 39.7. The predicted octanol–water partition coefficient (Wildman–Crippen LogP) is 0.746. The molecule has 0 radical (unpaired) electrons. The second kappa shape index (κ2) is 6.77. The van der Waals surface area contributed by atoms with E-state index in [0.717, 1.165) is 0 Å². The average molecular weight is 408 g/mol. The van der Waals surface area contributed by atoms with Gasteiger partial charge in [0.15, 0.2) is 0 Å². The van der Waals surface area contributed by atoms with E-state index in [1.807, 2.05) is 27.7 Å². The smallest absolute Gasteiger partial charge is 0.249 e. The fraction of sp³-hybridized carbons (Fsp3) is 0.810. The Hall–Kier alpha value is -1.48. The Balaban J connectivity index is 1.44. The molecule has 29 heavy (non-hydrogen) atoms. The maximum atomic E-state index is 13.1. The summed E-state index contributed by atoms with van der Waals surface area (Å²) in [6, 6.07) is 0. The predicted molar refractivity (Wildman–Crippen MR) is 104 cm³/mol. The van der Waals surface area contributed by atoms with Crippen LogP contribution in [0.2, 0.25) is 0 Å². The standard InChI is InChI=1S/C21H32N2O6/c1-15(17(25)23(9-20(4)13-28-20)10-21(5)14-29-21)6-16(24)22(7-18(2)11-26-18)8-19(3)12-27-19/h6H,7-14H2,1-5H3/b15-6-. The van der Waals surface area contributed by atoms with Crippen molar-refractivity contribution in [2.75, 3.05) is 52.6 Å². The molecular formula is C21H32N2O6. The van der Waals surface area contributed by atoms with Crippen LogP contribution < -0.4 is 0 Å². The van der Waals surface area contributed by atoms with Gasteiger partial charge in [-0.2, -0.15) is 0 Å². The average Bonchev–Trinajstić information content (AvgIpc) is 3.44. The maximum absolute atomic E-state index is 13.1. The topological polar surface area (TPSA) is 90.7 Å². The molecule has 4 saturated heterocycles. The molecular weight excluding hydrogens is 376 g/mol. The van der Waals surface area contributed by atoms with Gasteiger partial charge in [-0.05, 0) is 34.6 Å². The molecule has 0 spiro atoms. The first-order valence-electron chi connectivity index (χ1n) is 10.2. The van der Waals surface area contributed by atoms with Gasteiger partial charge in [-0.25, -0.2) is 0 Å². The Kier molecular flexibility index (Phi) is 4.85. The first kappa shape index (κ1) is 20.8. The number of ether oxygens (including phenoxy) is 4. The fourth-order valence-electron chi connectivity index (χ4n) is 3.47. The van der Waals surface area contributed by atoms with E-state index in [1.165, 1.54) is 6.08 Å². The lowest BCUT2D eigenvalue weighted by atomic mass is 10.1. The molecule has 4 fully saturated rings. The molecule has 0 bridgehead atoms. The second-order valence-corrected chi connectivity index (χ2v) is 10.1. The van der Waals surface area contributed by atoms with Gasteiger partial charge in [-0.1, -0.05) is 0 Å². The molecule has 4 rings (SSSR count). The summed E-state index contributed by atoms with van der Waals surface area (Å²) in [6.07, 6.45) is 1.44. The molecule has 8 heteroatoms. The molecule has 0 aromatic carbocycles. The van der Waals surface area contributed by atoms with E-state index in [0.29, 0.717) is 58.2 Å². The molecule has 162 valence electrons. The van der Waals surface area contributed by atoms with Crippen molar-refractivity contribution in [1.82, 2.24) is 9.80 Å². The quantitative estimate of drug-likeness (QED) is 0.391. The molecule has 4 aliphatic heterocycles. The third-order valence-electron chi connectivity index (χ3n) is 5.93. The number of hydrogen-bond acceptors (Lipinski definition) is 6. The summed E-state index contributed by atoms with van der Waals surface area (Å²) in [7, 11) is 0. The number of nitrogens with zero attached hydrogens (tertiary/aromatic N) is 2. The van der Waals surface area contributed by atoms with Crippen LogP contribution in [0.15, 0.2) is 11.6 Å². The van der Waals surface area contributed by atoms with Gasteiger partial charge in [-0.3, -0.25) is 9.59 Å². The molecule has 0 aliphatic carbocycles. The number of carbonyl (C=O) groups is 2. The first-order chi connectivity index (χ1) is 13.4. The van der Waals surface area contributed by atoms with Crippen LogP contribution in [0.3, 0.4) is 0 Å². The van der Waals surface area contributed by atoms with Crippen LogP contribution in [0.4, 0.5) is 0 Å². The van der Waals surface area contributed by atoms with E-state index >= 15 is 0 Å². The van der Waals surface area contributed by atoms with E-state index in [9.17, 15) is 9.59 Å². The summed E-state index contributed by atoms with van der Waals surface area (Å²) < 4.78 is 21.9. The van der Waals surface area contributed by atoms with E-state index in [2.05, 4.69) is 0 Å². The Morgan fingerprint density at radius 2 is 1.03 bits per heavy atom. The van der Waals surface area contributed by atoms with Gasteiger partial charge in [0.25, 0.3) is 0 Å². The minimum atomic E-state index is -0.299. The summed E-state index contributed by atoms with van der Waals surface area (Å²) in [6.45, 7) is 14.2. The summed E-state index contributed by atoms with van der Waals surface area (Å²) in [5.41, 5.74) is -0.777. The highest BCUT2D eigenvalue weighted by Crippen LogP contribution is 2.33. The van der Waals surface area contributed by atoms with Crippen molar-refractivity contribution < 1.29 is 28.5 Å². The number of carbonyl (C=O) groups excluding carboxylic acids is 2. The second-order valence-electron chi connectivity index (χ2n) is 10.1. The number of rotatable bonds is 10. The molecule has 0 aromatic rings. The summed E-state index contributed by atoms with van der Waals surface area (Å²) >= 11 is 0. The van der Waals surface area contributed by atoms with Crippen molar-refractivity contribution in [2.45, 2.75) is 57.0 Å². The molecule has 0 N–H and O–H groups in total. The SMILES string of the molecule is C/C(=C/C(=O)N(CC1(C)CO1)CC1(C)CO1)C(=O)N(CC1(C)CO1)CC1(C)CO1. The molecule has 4 heterocycles. The molecule has 2 amide bonds. The zero-order chi connectivity index (χ0) is 21.1. The Labute approximate surface area is 172 Å². The maximum Gasteiger partial charge on any atom is 0.249 e. The van der Waals surface area contributed by atoms with Crippen molar-refractivity contribution in [2.24, 2.45) is 0 Å². The first-order valence-corrected chi connectivity index (χ1v) is 10.2. The molecule has 0 saturated carbocycles. The summed E-state index contributed by atoms with van der Waals surface area (Å²) in [5, 5.41) is 0. The lowest BCUT2D eigenvalue weighted by Gasteiger charge is -2.28. The van der Waals surface area contributed by atoms with Crippen LogP contribution in [0, 0.1) is 0 Å². The molecule has 0 aromatic heterocycles. The monoisotopic (exact) mass is 408 g/mol. The van der Waals surface area contributed by atoms with Gasteiger partial charge >= 0.3 is 0 Å². The van der Waals surface area contributed by atoms with Gasteiger partial charge in [0.05, 0.1) is 52.6 Å². The van der Waals surface area contributed by atoms with Crippen LogP contribution in [-0.2, 0) is 28.5 Å². The number of hydrogen-bond donors (Lipinski definition) is 0. The van der Waals surface area contributed by atoms with E-state index in [1.54, 1.807) is 16.7 Å². The van der Waals surface area contributed by atoms with Crippen LogP contribution in [0.5, 0.6) is 0 Å². The summed E-state index contributed by atoms with van der Waals surface area (Å²) in [5.74, 6) is -0.346. The van der Waals surface area contributed by atoms with Crippen molar-refractivity contribution in [3.05, 3.63) is 11.6 Å². The van der Waals surface area contributed by atoms with Gasteiger partial charge < -0.3 is 28.7 Å². The highest BCUT2D eigenvalue weighted by molar-refractivity contribution is 6.00. The van der Waals surface area contributed by atoms with Crippen molar-refractivity contribution in [1.29, 1.82) is 0 Å². The molecule has 4 aliphatic rings. The largest absolute Gasteiger partial charge is 0.368 e. The fourth-order valence-corrected chi connectivity index (χ4v) is 3.47. The Morgan fingerprint density at radius 3 is 1.34 bits per heavy atom. The molecule has 4 unspecified atom stereocenters. The van der Waals surface area contributed by atoms with Gasteiger partial charge in [0.1, 0.15) is 22.4 Å². The third-order valence-corrected chi connectivity index (χ3v) is 5.93. The van der Waals surface area contributed by atoms with E-state index in [-0.39, 0.29) is 34.2 Å². The van der Waals surface area contributed by atoms with E-state index < -0.39 is 0 Å². The highest BCUT2D eigenvalue weighted by atomic mass is 16.6. The zero-order valence-electron chi connectivity index (χ0n) is 18.1. The zero-order valence-corrected chi connectivity index (χ0v) is 18.1. The van der Waals surface area contributed by atoms with Crippen molar-refractivity contribution >= 4 is 11.8 Å². The minimum Gasteiger partial charge on any atom is -0.368 e. The third kappa shape index (κ3) is 5.36. The molecule has 8 nitrogen and oxygen atoms in total. The van der Waals surface area contributed by atoms with Crippen LogP contribution in [-0.4, -0.2) is 96.6 Å². The van der Waals surface area contributed by atoms with Gasteiger partial charge in [-0.15, -0.1) is 0 Å². The van der Waals surface area contributed by atoms with Gasteiger partial charge in [0, 0.05) is 11.6 Å². The highest BCUT2D eigenvalue weighted by Gasteiger charge is 2.48. The van der Waals surface area contributed by atoms with Crippen LogP contribution >= 0.6 is 0 Å². The lowest BCUT2D eigenvalue weighted by Crippen LogP contribution is -2.44. The van der Waals surface area contributed by atoms with Gasteiger partial charge in [0.2, 0.25) is 11.8 Å². The number of amides is 2. The van der Waals surface area contributed by atoms with Crippen LogP contribution in [0.25, 0.3) is 0 Å². The van der Waals surface area contributed by atoms with Crippen molar-refractivity contribution in [3.8, 4) is 0 Å². The minimum absolute atomic E-state index is 0.158. The van der Waals surface area contributed by atoms with E-state index in [4.69, 9.17) is 18.9 Å². The Bertz CT molecular complexity index is 691. The van der Waals surface area contributed by atoms with Crippen LogP contribution in [0.1, 0.15) is 34.6 Å². The Morgan fingerprint density at radius 1 is 0.724 bits per heavy atom.